The van der Waals surface area contributed by atoms with Crippen LogP contribution in [0.3, 0.4) is 0 Å². The number of aliphatic hydroxyl groups is 5. The molecule has 8 unspecified atom stereocenters. The number of esters is 1. The molecule has 0 aromatic heterocycles. The van der Waals surface area contributed by atoms with Crippen LogP contribution in [0.2, 0.25) is 0 Å². The molecule has 0 spiro atoms. The van der Waals surface area contributed by atoms with Gasteiger partial charge in [-0.05, 0) is 116 Å². The molecule has 11 heteroatoms. The number of allylic oxidation sites excluding steroid dienone is 19. The van der Waals surface area contributed by atoms with Crippen LogP contribution in [0.5, 0.6) is 0 Å². The number of unbranched alkanes of at least 4 members (excludes halogenated alkanes) is 27. The molecule has 1 rings (SSSR count). The third-order valence-electron chi connectivity index (χ3n) is 15.8. The summed E-state index contributed by atoms with van der Waals surface area (Å²) in [5.41, 5.74) is 0. The third-order valence-corrected chi connectivity index (χ3v) is 15.8. The monoisotopic (exact) mass is 1220 g/mol. The molecule has 1 aliphatic heterocycles. The van der Waals surface area contributed by atoms with Gasteiger partial charge in [0.25, 0.3) is 0 Å². The Morgan fingerprint density at radius 2 is 0.828 bits per heavy atom. The quantitative estimate of drug-likeness (QED) is 0.0195. The van der Waals surface area contributed by atoms with Gasteiger partial charge in [0.1, 0.15) is 24.4 Å². The number of ether oxygens (including phenoxy) is 3. The molecule has 1 aliphatic rings. The van der Waals surface area contributed by atoms with E-state index in [2.05, 4.69) is 135 Å². The molecular formula is C76H129NO10. The standard InChI is InChI=1S/C76H129NO10/c1-4-7-10-13-16-19-22-24-26-28-30-32-34-36-37-39-41-43-45-48-51-54-57-60-63-69(80)75(84)77-67(68(79)62-59-56-53-50-47-21-18-15-12-9-6-3)66-85-76-74(73(83)72(82)70(65-78)86-76)87-71(81)64-61-58-55-52-49-46-44-42-40-38-35-33-31-29-27-25-23-20-17-14-11-8-5-2/h7,10,16-17,19-20,24-27,30-33,36-38,40,59,62,67-70,72-74,76,78-80,82-83H,4-6,8-9,11-15,18,21-23,28-29,34-35,39,41-58,60-61,63-66H2,1-3H3,(H,77,84)/b10-7-,19-16-,20-17-,26-24-,27-25-,32-30-,33-31-,37-36-,40-38-,62-59+. The number of hydrogen-bond donors (Lipinski definition) is 6. The second-order valence-electron chi connectivity index (χ2n) is 23.9. The highest BCUT2D eigenvalue weighted by atomic mass is 16.7. The lowest BCUT2D eigenvalue weighted by Crippen LogP contribution is -2.61. The molecule has 0 aromatic carbocycles. The minimum absolute atomic E-state index is 0.105. The lowest BCUT2D eigenvalue weighted by Gasteiger charge is -2.41. The van der Waals surface area contributed by atoms with Crippen molar-refractivity contribution in [3.8, 4) is 0 Å². The summed E-state index contributed by atoms with van der Waals surface area (Å²) >= 11 is 0. The second-order valence-corrected chi connectivity index (χ2v) is 23.9. The van der Waals surface area contributed by atoms with Gasteiger partial charge >= 0.3 is 5.97 Å². The summed E-state index contributed by atoms with van der Waals surface area (Å²) in [6, 6.07) is -1.04. The highest BCUT2D eigenvalue weighted by Gasteiger charge is 2.47. The average Bonchev–Trinajstić information content (AvgIpc) is 1.30. The summed E-state index contributed by atoms with van der Waals surface area (Å²) in [6.45, 7) is 5.64. The molecule has 1 fully saturated rings. The summed E-state index contributed by atoms with van der Waals surface area (Å²) in [4.78, 5) is 26.7. The smallest absolute Gasteiger partial charge is 0.306 e. The number of hydrogen-bond acceptors (Lipinski definition) is 10. The van der Waals surface area contributed by atoms with E-state index in [-0.39, 0.29) is 19.4 Å². The van der Waals surface area contributed by atoms with Gasteiger partial charge in [0.15, 0.2) is 12.4 Å². The number of nitrogens with one attached hydrogen (secondary N) is 1. The Labute approximate surface area is 531 Å². The SMILES string of the molecule is CC/C=C\C/C=C\C/C=C\C/C=C\C/C=C\CCCCCCCCCCC(O)C(=O)NC(COC1OC(CO)C(O)C(O)C1OC(=O)CCCCCCCCC/C=C\C/C=C\C/C=C\C/C=C\CCCCC)C(O)/C=C/CCCCCCCCCCC. The van der Waals surface area contributed by atoms with Crippen molar-refractivity contribution < 1.29 is 49.3 Å². The molecule has 0 aromatic rings. The Hall–Kier alpha value is -3.94. The van der Waals surface area contributed by atoms with Crippen molar-refractivity contribution in [2.24, 2.45) is 0 Å². The van der Waals surface area contributed by atoms with Crippen LogP contribution < -0.4 is 5.32 Å². The van der Waals surface area contributed by atoms with E-state index in [0.717, 1.165) is 154 Å². The zero-order valence-corrected chi connectivity index (χ0v) is 55.3. The fourth-order valence-electron chi connectivity index (χ4n) is 10.3. The Morgan fingerprint density at radius 1 is 0.460 bits per heavy atom. The number of carbonyl (C=O) groups is 2. The van der Waals surface area contributed by atoms with E-state index < -0.39 is 67.4 Å². The summed E-state index contributed by atoms with van der Waals surface area (Å²) in [6.07, 6.45) is 76.6. The van der Waals surface area contributed by atoms with Crippen LogP contribution in [-0.4, -0.2) is 99.6 Å². The Bertz CT molecular complexity index is 1880. The van der Waals surface area contributed by atoms with Gasteiger partial charge in [-0.25, -0.2) is 0 Å². The van der Waals surface area contributed by atoms with Crippen molar-refractivity contribution in [1.82, 2.24) is 5.32 Å². The number of carbonyl (C=O) groups excluding carboxylic acids is 2. The van der Waals surface area contributed by atoms with E-state index in [0.29, 0.717) is 12.8 Å². The fourth-order valence-corrected chi connectivity index (χ4v) is 10.3. The van der Waals surface area contributed by atoms with Crippen molar-refractivity contribution >= 4 is 11.9 Å². The van der Waals surface area contributed by atoms with Gasteiger partial charge in [-0.15, -0.1) is 0 Å². The molecule has 1 saturated heterocycles. The predicted octanol–water partition coefficient (Wildman–Crippen LogP) is 18.2. The van der Waals surface area contributed by atoms with E-state index in [9.17, 15) is 35.1 Å². The molecule has 0 bridgehead atoms. The summed E-state index contributed by atoms with van der Waals surface area (Å²) in [5.74, 6) is -1.22. The van der Waals surface area contributed by atoms with Crippen molar-refractivity contribution in [1.29, 1.82) is 0 Å². The molecule has 498 valence electrons. The van der Waals surface area contributed by atoms with Gasteiger partial charge in [-0.1, -0.05) is 284 Å². The molecule has 6 N–H and O–H groups in total. The van der Waals surface area contributed by atoms with Gasteiger partial charge in [-0.2, -0.15) is 0 Å². The fraction of sp³-hybridized carbons (Fsp3) is 0.711. The molecular weight excluding hydrogens is 1090 g/mol. The van der Waals surface area contributed by atoms with Gasteiger partial charge in [0, 0.05) is 6.42 Å². The van der Waals surface area contributed by atoms with Gasteiger partial charge < -0.3 is 45.1 Å². The lowest BCUT2D eigenvalue weighted by atomic mass is 9.99. The number of aliphatic hydroxyl groups excluding tert-OH is 5. The van der Waals surface area contributed by atoms with Gasteiger partial charge in [-0.3, -0.25) is 9.59 Å². The van der Waals surface area contributed by atoms with Crippen molar-refractivity contribution in [3.63, 3.8) is 0 Å². The largest absolute Gasteiger partial charge is 0.454 e. The lowest BCUT2D eigenvalue weighted by molar-refractivity contribution is -0.305. The number of amides is 1. The van der Waals surface area contributed by atoms with E-state index in [4.69, 9.17) is 14.2 Å². The first-order valence-corrected chi connectivity index (χ1v) is 35.3. The van der Waals surface area contributed by atoms with Gasteiger partial charge in [0.2, 0.25) is 5.91 Å². The van der Waals surface area contributed by atoms with Crippen LogP contribution in [-0.2, 0) is 23.8 Å². The second kappa shape index (κ2) is 62.3. The normalized spacial score (nSPS) is 19.0. The van der Waals surface area contributed by atoms with Gasteiger partial charge in [0.05, 0.1) is 25.4 Å². The summed E-state index contributed by atoms with van der Waals surface area (Å²) in [7, 11) is 0. The first-order valence-electron chi connectivity index (χ1n) is 35.3. The van der Waals surface area contributed by atoms with Crippen LogP contribution in [0.1, 0.15) is 284 Å². The maximum atomic E-state index is 13.5. The molecule has 0 radical (unpaired) electrons. The predicted molar refractivity (Wildman–Crippen MR) is 365 cm³/mol. The average molecular weight is 1220 g/mol. The summed E-state index contributed by atoms with van der Waals surface area (Å²) < 4.78 is 17.7. The Balaban J connectivity index is 2.59. The molecule has 1 heterocycles. The van der Waals surface area contributed by atoms with Crippen LogP contribution in [0.4, 0.5) is 0 Å². The first-order chi connectivity index (χ1) is 42.7. The first kappa shape index (κ1) is 81.1. The molecule has 1 amide bonds. The Kier molecular flexibility index (Phi) is 58.0. The van der Waals surface area contributed by atoms with E-state index >= 15 is 0 Å². The van der Waals surface area contributed by atoms with E-state index in [1.54, 1.807) is 6.08 Å². The Morgan fingerprint density at radius 3 is 1.26 bits per heavy atom. The highest BCUT2D eigenvalue weighted by molar-refractivity contribution is 5.80. The van der Waals surface area contributed by atoms with Crippen LogP contribution in [0, 0.1) is 0 Å². The number of rotatable bonds is 59. The zero-order chi connectivity index (χ0) is 63.1. The minimum atomic E-state index is -1.63. The van der Waals surface area contributed by atoms with Crippen molar-refractivity contribution in [2.75, 3.05) is 13.2 Å². The maximum absolute atomic E-state index is 13.5. The van der Waals surface area contributed by atoms with Crippen LogP contribution >= 0.6 is 0 Å². The van der Waals surface area contributed by atoms with E-state index in [1.807, 2.05) is 6.08 Å². The van der Waals surface area contributed by atoms with Crippen LogP contribution in [0.25, 0.3) is 0 Å². The highest BCUT2D eigenvalue weighted by Crippen LogP contribution is 2.26. The molecule has 0 saturated carbocycles. The van der Waals surface area contributed by atoms with Crippen molar-refractivity contribution in [3.05, 3.63) is 122 Å². The van der Waals surface area contributed by atoms with Crippen LogP contribution in [0.15, 0.2) is 122 Å². The van der Waals surface area contributed by atoms with E-state index in [1.165, 1.54) is 83.5 Å². The molecule has 11 nitrogen and oxygen atoms in total. The molecule has 0 aliphatic carbocycles. The topological polar surface area (TPSA) is 175 Å². The zero-order valence-electron chi connectivity index (χ0n) is 55.3. The summed E-state index contributed by atoms with van der Waals surface area (Å²) in [5, 5.41) is 57.2. The molecule has 87 heavy (non-hydrogen) atoms. The van der Waals surface area contributed by atoms with Crippen molar-refractivity contribution in [2.45, 2.75) is 333 Å². The molecule has 8 atom stereocenters. The third kappa shape index (κ3) is 49.5. The maximum Gasteiger partial charge on any atom is 0.306 e. The minimum Gasteiger partial charge on any atom is -0.454 e.